The van der Waals surface area contributed by atoms with E-state index >= 15 is 0 Å². The molecule has 0 radical (unpaired) electrons. The molecule has 6 nitrogen and oxygen atoms in total. The molecule has 6 heteroatoms. The smallest absolute Gasteiger partial charge is 0.323 e. The monoisotopic (exact) mass is 295 g/mol. The summed E-state index contributed by atoms with van der Waals surface area (Å²) in [5.41, 5.74) is 6.40. The van der Waals surface area contributed by atoms with E-state index in [0.29, 0.717) is 19.7 Å². The highest BCUT2D eigenvalue weighted by Gasteiger charge is 2.16. The number of carbonyl (C=O) groups is 1. The summed E-state index contributed by atoms with van der Waals surface area (Å²) in [6.45, 7) is 3.41. The van der Waals surface area contributed by atoms with Crippen molar-refractivity contribution >= 4 is 5.97 Å². The van der Waals surface area contributed by atoms with Crippen LogP contribution in [0.25, 0.3) is 0 Å². The molecule has 0 aliphatic carbocycles. The van der Waals surface area contributed by atoms with Crippen LogP contribution in [0.2, 0.25) is 0 Å². The van der Waals surface area contributed by atoms with Gasteiger partial charge in [0.25, 0.3) is 0 Å². The maximum absolute atomic E-state index is 11.1. The minimum atomic E-state index is -0.891. The molecule has 0 aliphatic rings. The first-order chi connectivity index (χ1) is 10.2. The van der Waals surface area contributed by atoms with Gasteiger partial charge >= 0.3 is 5.97 Å². The number of aliphatic carboxylic acids is 1. The standard InChI is InChI=1S/C15H25N3O3/c16-7-10-17-8-4-9-18-14(15(19)20)12-21-11-13-5-2-1-3-6-13/h1-3,5-6,14,17-18H,4,7-12,16H2,(H,19,20)/t14-/m0/s1. The Labute approximate surface area is 125 Å². The molecule has 0 aliphatic heterocycles. The van der Waals surface area contributed by atoms with E-state index in [1.54, 1.807) is 0 Å². The number of nitrogens with two attached hydrogens (primary N) is 1. The molecule has 0 saturated carbocycles. The molecule has 0 unspecified atom stereocenters. The molecule has 1 atom stereocenters. The second kappa shape index (κ2) is 11.2. The zero-order chi connectivity index (χ0) is 15.3. The largest absolute Gasteiger partial charge is 0.480 e. The Bertz CT molecular complexity index is 387. The van der Waals surface area contributed by atoms with Gasteiger partial charge in [-0.25, -0.2) is 0 Å². The van der Waals surface area contributed by atoms with Crippen molar-refractivity contribution in [3.05, 3.63) is 35.9 Å². The molecule has 0 aromatic heterocycles. The second-order valence-electron chi connectivity index (χ2n) is 4.74. The van der Waals surface area contributed by atoms with Crippen LogP contribution in [-0.4, -0.2) is 49.9 Å². The number of carboxylic acid groups (broad SMARTS) is 1. The van der Waals surface area contributed by atoms with E-state index in [9.17, 15) is 4.79 Å². The molecule has 0 bridgehead atoms. The molecule has 0 fully saturated rings. The SMILES string of the molecule is NCCNCCCN[C@@H](COCc1ccccc1)C(=O)O. The fourth-order valence-corrected chi connectivity index (χ4v) is 1.80. The van der Waals surface area contributed by atoms with Gasteiger partial charge in [0, 0.05) is 13.1 Å². The second-order valence-corrected chi connectivity index (χ2v) is 4.74. The van der Waals surface area contributed by atoms with Crippen molar-refractivity contribution in [1.82, 2.24) is 10.6 Å². The summed E-state index contributed by atoms with van der Waals surface area (Å²) in [7, 11) is 0. The van der Waals surface area contributed by atoms with Gasteiger partial charge in [0.05, 0.1) is 13.2 Å². The predicted octanol–water partition coefficient (Wildman–Crippen LogP) is 0.184. The van der Waals surface area contributed by atoms with Crippen LogP contribution in [0.4, 0.5) is 0 Å². The van der Waals surface area contributed by atoms with Gasteiger partial charge in [0.15, 0.2) is 0 Å². The third-order valence-electron chi connectivity index (χ3n) is 2.94. The van der Waals surface area contributed by atoms with Crippen LogP contribution in [0.1, 0.15) is 12.0 Å². The first-order valence-corrected chi connectivity index (χ1v) is 7.22. The fraction of sp³-hybridized carbons (Fsp3) is 0.533. The fourth-order valence-electron chi connectivity index (χ4n) is 1.80. The van der Waals surface area contributed by atoms with E-state index in [1.165, 1.54) is 0 Å². The van der Waals surface area contributed by atoms with Crippen molar-refractivity contribution in [3.8, 4) is 0 Å². The topological polar surface area (TPSA) is 96.6 Å². The van der Waals surface area contributed by atoms with Gasteiger partial charge in [-0.3, -0.25) is 4.79 Å². The summed E-state index contributed by atoms with van der Waals surface area (Å²) >= 11 is 0. The Morgan fingerprint density at radius 3 is 2.67 bits per heavy atom. The third-order valence-corrected chi connectivity index (χ3v) is 2.94. The minimum absolute atomic E-state index is 0.153. The maximum atomic E-state index is 11.1. The summed E-state index contributed by atoms with van der Waals surface area (Å²) < 4.78 is 5.46. The van der Waals surface area contributed by atoms with Gasteiger partial charge in [-0.15, -0.1) is 0 Å². The molecule has 21 heavy (non-hydrogen) atoms. The first kappa shape index (κ1) is 17.6. The average molecular weight is 295 g/mol. The van der Waals surface area contributed by atoms with Gasteiger partial charge < -0.3 is 26.2 Å². The minimum Gasteiger partial charge on any atom is -0.480 e. The molecular weight excluding hydrogens is 270 g/mol. The number of ether oxygens (including phenoxy) is 1. The van der Waals surface area contributed by atoms with E-state index < -0.39 is 12.0 Å². The van der Waals surface area contributed by atoms with Crippen molar-refractivity contribution in [2.24, 2.45) is 5.73 Å². The van der Waals surface area contributed by atoms with E-state index in [2.05, 4.69) is 10.6 Å². The zero-order valence-electron chi connectivity index (χ0n) is 12.3. The molecule has 0 amide bonds. The lowest BCUT2D eigenvalue weighted by Crippen LogP contribution is -2.41. The van der Waals surface area contributed by atoms with Gasteiger partial charge in [-0.05, 0) is 25.1 Å². The van der Waals surface area contributed by atoms with Crippen LogP contribution >= 0.6 is 0 Å². The predicted molar refractivity (Wildman–Crippen MR) is 82.1 cm³/mol. The average Bonchev–Trinajstić information content (AvgIpc) is 2.49. The summed E-state index contributed by atoms with van der Waals surface area (Å²) in [5.74, 6) is -0.891. The van der Waals surface area contributed by atoms with Crippen molar-refractivity contribution in [2.45, 2.75) is 19.1 Å². The van der Waals surface area contributed by atoms with Gasteiger partial charge in [-0.2, -0.15) is 0 Å². The van der Waals surface area contributed by atoms with Gasteiger partial charge in [-0.1, -0.05) is 30.3 Å². The number of nitrogens with one attached hydrogen (secondary N) is 2. The molecule has 0 saturated heterocycles. The Balaban J connectivity index is 2.16. The number of rotatable bonds is 12. The van der Waals surface area contributed by atoms with Crippen molar-refractivity contribution in [1.29, 1.82) is 0 Å². The van der Waals surface area contributed by atoms with Crippen LogP contribution in [0.3, 0.4) is 0 Å². The lowest BCUT2D eigenvalue weighted by molar-refractivity contribution is -0.141. The van der Waals surface area contributed by atoms with Crippen molar-refractivity contribution in [2.75, 3.05) is 32.8 Å². The number of hydrogen-bond donors (Lipinski definition) is 4. The summed E-state index contributed by atoms with van der Waals surface area (Å²) in [6, 6.07) is 9.02. The molecule has 1 rings (SSSR count). The maximum Gasteiger partial charge on any atom is 0.323 e. The molecule has 1 aromatic carbocycles. The Hall–Kier alpha value is -1.47. The summed E-state index contributed by atoms with van der Waals surface area (Å²) in [4.78, 5) is 11.1. The number of hydrogen-bond acceptors (Lipinski definition) is 5. The van der Waals surface area contributed by atoms with Crippen LogP contribution in [0.15, 0.2) is 30.3 Å². The molecule has 0 spiro atoms. The van der Waals surface area contributed by atoms with E-state index in [0.717, 1.165) is 25.1 Å². The Morgan fingerprint density at radius 2 is 2.00 bits per heavy atom. The third kappa shape index (κ3) is 8.41. The van der Waals surface area contributed by atoms with E-state index in [4.69, 9.17) is 15.6 Å². The highest BCUT2D eigenvalue weighted by molar-refractivity contribution is 5.73. The van der Waals surface area contributed by atoms with Crippen molar-refractivity contribution in [3.63, 3.8) is 0 Å². The highest BCUT2D eigenvalue weighted by Crippen LogP contribution is 2.01. The lowest BCUT2D eigenvalue weighted by Gasteiger charge is -2.15. The summed E-state index contributed by atoms with van der Waals surface area (Å²) in [5, 5.41) is 15.3. The number of carboxylic acids is 1. The van der Waals surface area contributed by atoms with Gasteiger partial charge in [0.2, 0.25) is 0 Å². The number of benzene rings is 1. The molecule has 1 aromatic rings. The first-order valence-electron chi connectivity index (χ1n) is 7.22. The molecule has 0 heterocycles. The molecule has 118 valence electrons. The van der Waals surface area contributed by atoms with Gasteiger partial charge in [0.1, 0.15) is 6.04 Å². The quantitative estimate of drug-likeness (QED) is 0.411. The zero-order valence-corrected chi connectivity index (χ0v) is 12.3. The molecule has 5 N–H and O–H groups in total. The normalized spacial score (nSPS) is 12.2. The van der Waals surface area contributed by atoms with Crippen LogP contribution in [0.5, 0.6) is 0 Å². The molecular formula is C15H25N3O3. The van der Waals surface area contributed by atoms with Crippen LogP contribution in [0, 0.1) is 0 Å². The van der Waals surface area contributed by atoms with Crippen LogP contribution in [-0.2, 0) is 16.1 Å². The van der Waals surface area contributed by atoms with E-state index in [-0.39, 0.29) is 6.61 Å². The lowest BCUT2D eigenvalue weighted by atomic mass is 10.2. The highest BCUT2D eigenvalue weighted by atomic mass is 16.5. The Morgan fingerprint density at radius 1 is 1.24 bits per heavy atom. The van der Waals surface area contributed by atoms with Crippen molar-refractivity contribution < 1.29 is 14.6 Å². The van der Waals surface area contributed by atoms with Crippen LogP contribution < -0.4 is 16.4 Å². The Kier molecular flexibility index (Phi) is 9.39. The summed E-state index contributed by atoms with van der Waals surface area (Å²) in [6.07, 6.45) is 0.850. The van der Waals surface area contributed by atoms with E-state index in [1.807, 2.05) is 30.3 Å².